The minimum Gasteiger partial charge on any atom is -0.267 e. The third-order valence-electron chi connectivity index (χ3n) is 1.86. The van der Waals surface area contributed by atoms with Crippen LogP contribution in [0.5, 0.6) is 0 Å². The van der Waals surface area contributed by atoms with Gasteiger partial charge in [0.05, 0.1) is 18.4 Å². The Morgan fingerprint density at radius 3 is 2.79 bits per heavy atom. The van der Waals surface area contributed by atoms with Crippen LogP contribution >= 0.6 is 0 Å². The van der Waals surface area contributed by atoms with Crippen molar-refractivity contribution in [3.63, 3.8) is 0 Å². The van der Waals surface area contributed by atoms with Gasteiger partial charge < -0.3 is 0 Å². The summed E-state index contributed by atoms with van der Waals surface area (Å²) in [6, 6.07) is 1.04. The monoisotopic (exact) mass is 198 g/mol. The highest BCUT2D eigenvalue weighted by Crippen LogP contribution is 2.19. The van der Waals surface area contributed by atoms with Crippen molar-refractivity contribution in [2.75, 3.05) is 11.6 Å². The van der Waals surface area contributed by atoms with E-state index in [0.29, 0.717) is 12.2 Å². The Hall–Kier alpha value is -1.53. The van der Waals surface area contributed by atoms with Gasteiger partial charge in [0.15, 0.2) is 5.82 Å². The van der Waals surface area contributed by atoms with Gasteiger partial charge in [-0.2, -0.15) is 9.51 Å². The second kappa shape index (κ2) is 3.32. The number of hydrogen-bond donors (Lipinski definition) is 1. The summed E-state index contributed by atoms with van der Waals surface area (Å²) in [5.74, 6) is 3.45. The maximum Gasteiger partial charge on any atom is 0.249 e. The summed E-state index contributed by atoms with van der Waals surface area (Å²) in [7, 11) is 0. The van der Waals surface area contributed by atoms with E-state index in [0.717, 1.165) is 6.07 Å². The van der Waals surface area contributed by atoms with Crippen LogP contribution in [0.1, 0.15) is 0 Å². The molecule has 2 N–H and O–H groups in total. The van der Waals surface area contributed by atoms with Gasteiger partial charge in [-0.3, -0.25) is 5.01 Å². The highest BCUT2D eigenvalue weighted by Gasteiger charge is 2.16. The molecule has 0 saturated carbocycles. The number of hydrogen-bond acceptors (Lipinski definition) is 4. The molecule has 4 nitrogen and oxygen atoms in total. The van der Waals surface area contributed by atoms with Crippen molar-refractivity contribution in [3.8, 4) is 0 Å². The van der Waals surface area contributed by atoms with Gasteiger partial charge in [-0.05, 0) is 6.08 Å². The van der Waals surface area contributed by atoms with Crippen LogP contribution in [0.15, 0.2) is 24.5 Å². The number of aromatic nitrogens is 1. The van der Waals surface area contributed by atoms with Crippen LogP contribution in [-0.2, 0) is 0 Å². The fourth-order valence-corrected chi connectivity index (χ4v) is 1.20. The second-order valence-electron chi connectivity index (χ2n) is 2.82. The van der Waals surface area contributed by atoms with E-state index in [1.165, 1.54) is 16.3 Å². The smallest absolute Gasteiger partial charge is 0.249 e. The summed E-state index contributed by atoms with van der Waals surface area (Å²) < 4.78 is 25.3. The zero-order chi connectivity index (χ0) is 10.1. The Balaban J connectivity index is 2.32. The molecule has 1 aromatic heterocycles. The number of rotatable bonds is 1. The summed E-state index contributed by atoms with van der Waals surface area (Å²) >= 11 is 0. The molecule has 0 radical (unpaired) electrons. The molecule has 0 saturated heterocycles. The van der Waals surface area contributed by atoms with Crippen LogP contribution in [0.25, 0.3) is 0 Å². The number of hydrazine groups is 2. The van der Waals surface area contributed by atoms with Crippen LogP contribution in [0.4, 0.5) is 14.5 Å². The lowest BCUT2D eigenvalue weighted by Crippen LogP contribution is -2.41. The van der Waals surface area contributed by atoms with Crippen molar-refractivity contribution in [2.24, 2.45) is 5.84 Å². The quantitative estimate of drug-likeness (QED) is 0.535. The maximum absolute atomic E-state index is 12.8. The van der Waals surface area contributed by atoms with E-state index in [1.807, 2.05) is 0 Å². The molecule has 0 atom stereocenters. The molecule has 0 bridgehead atoms. The fraction of sp³-hybridized carbons (Fsp3) is 0.125. The van der Waals surface area contributed by atoms with Crippen LogP contribution in [0.3, 0.4) is 0 Å². The van der Waals surface area contributed by atoms with Crippen molar-refractivity contribution in [2.45, 2.75) is 0 Å². The standard InChI is InChI=1S/C8H8F2N4/c9-7-4-6(5-12-8(7)10)13-2-1-3-14(13)11/h1-2,4-5H,3,11H2. The van der Waals surface area contributed by atoms with Gasteiger partial charge in [-0.25, -0.2) is 15.2 Å². The topological polar surface area (TPSA) is 45.4 Å². The molecule has 0 aliphatic carbocycles. The molecular formula is C8H8F2N4. The summed E-state index contributed by atoms with van der Waals surface area (Å²) in [4.78, 5) is 3.26. The van der Waals surface area contributed by atoms with Gasteiger partial charge in [-0.1, -0.05) is 0 Å². The van der Waals surface area contributed by atoms with Crippen LogP contribution in [0.2, 0.25) is 0 Å². The van der Waals surface area contributed by atoms with Crippen molar-refractivity contribution in [1.29, 1.82) is 0 Å². The van der Waals surface area contributed by atoms with Crippen molar-refractivity contribution in [1.82, 2.24) is 10.1 Å². The normalized spacial score (nSPS) is 16.6. The van der Waals surface area contributed by atoms with E-state index in [1.54, 1.807) is 12.3 Å². The van der Waals surface area contributed by atoms with Gasteiger partial charge in [0, 0.05) is 12.3 Å². The lowest BCUT2D eigenvalue weighted by molar-refractivity contribution is 0.335. The van der Waals surface area contributed by atoms with E-state index in [4.69, 9.17) is 5.84 Å². The van der Waals surface area contributed by atoms with Gasteiger partial charge in [-0.15, -0.1) is 0 Å². The molecule has 2 rings (SSSR count). The molecule has 2 heterocycles. The fourth-order valence-electron chi connectivity index (χ4n) is 1.20. The van der Waals surface area contributed by atoms with Gasteiger partial charge in [0.1, 0.15) is 0 Å². The number of nitrogens with zero attached hydrogens (tertiary/aromatic N) is 3. The van der Waals surface area contributed by atoms with Gasteiger partial charge in [0.25, 0.3) is 0 Å². The summed E-state index contributed by atoms with van der Waals surface area (Å²) in [6.45, 7) is 0.527. The zero-order valence-corrected chi connectivity index (χ0v) is 7.19. The summed E-state index contributed by atoms with van der Waals surface area (Å²) in [5.41, 5.74) is 0.389. The van der Waals surface area contributed by atoms with E-state index in [-0.39, 0.29) is 0 Å². The van der Waals surface area contributed by atoms with E-state index in [2.05, 4.69) is 4.98 Å². The van der Waals surface area contributed by atoms with Crippen molar-refractivity contribution < 1.29 is 8.78 Å². The van der Waals surface area contributed by atoms with Crippen molar-refractivity contribution in [3.05, 3.63) is 36.3 Å². The molecule has 1 aliphatic rings. The molecule has 0 fully saturated rings. The third-order valence-corrected chi connectivity index (χ3v) is 1.86. The number of nitrogens with two attached hydrogens (primary N) is 1. The predicted octanol–water partition coefficient (Wildman–Crippen LogP) is 0.784. The Labute approximate surface area is 79.2 Å². The minimum atomic E-state index is -1.11. The highest BCUT2D eigenvalue weighted by molar-refractivity contribution is 5.47. The average molecular weight is 198 g/mol. The van der Waals surface area contributed by atoms with E-state index in [9.17, 15) is 8.78 Å². The van der Waals surface area contributed by atoms with Crippen LogP contribution in [-0.4, -0.2) is 16.6 Å². The maximum atomic E-state index is 12.8. The van der Waals surface area contributed by atoms with E-state index < -0.39 is 11.8 Å². The number of halogens is 2. The predicted molar refractivity (Wildman–Crippen MR) is 46.7 cm³/mol. The van der Waals surface area contributed by atoms with Gasteiger partial charge >= 0.3 is 0 Å². The average Bonchev–Trinajstić information content (AvgIpc) is 2.57. The van der Waals surface area contributed by atoms with E-state index >= 15 is 0 Å². The van der Waals surface area contributed by atoms with Gasteiger partial charge in [0.2, 0.25) is 5.95 Å². The second-order valence-corrected chi connectivity index (χ2v) is 2.82. The lowest BCUT2D eigenvalue weighted by atomic mass is 10.4. The molecule has 74 valence electrons. The third kappa shape index (κ3) is 1.45. The van der Waals surface area contributed by atoms with Crippen LogP contribution in [0, 0.1) is 11.8 Å². The summed E-state index contributed by atoms with van der Waals surface area (Å²) in [5, 5.41) is 2.84. The first-order valence-corrected chi connectivity index (χ1v) is 3.97. The molecule has 0 aromatic carbocycles. The summed E-state index contributed by atoms with van der Waals surface area (Å²) in [6.07, 6.45) is 4.67. The first-order chi connectivity index (χ1) is 6.68. The highest BCUT2D eigenvalue weighted by atomic mass is 19.2. The minimum absolute atomic E-state index is 0.389. The van der Waals surface area contributed by atoms with Crippen molar-refractivity contribution >= 4 is 5.69 Å². The van der Waals surface area contributed by atoms with Crippen LogP contribution < -0.4 is 10.9 Å². The molecule has 6 heteroatoms. The lowest BCUT2D eigenvalue weighted by Gasteiger charge is -2.23. The SMILES string of the molecule is NN1CC=CN1c1cnc(F)c(F)c1. The Morgan fingerprint density at radius 1 is 1.43 bits per heavy atom. The molecule has 0 amide bonds. The number of anilines is 1. The Kier molecular flexibility index (Phi) is 2.14. The molecular weight excluding hydrogens is 190 g/mol. The first kappa shape index (κ1) is 9.04. The first-order valence-electron chi connectivity index (χ1n) is 3.97. The Morgan fingerprint density at radius 2 is 2.21 bits per heavy atom. The molecule has 1 aromatic rings. The molecule has 0 spiro atoms. The number of pyridine rings is 1. The zero-order valence-electron chi connectivity index (χ0n) is 7.19. The molecule has 0 unspecified atom stereocenters. The largest absolute Gasteiger partial charge is 0.267 e. The Bertz CT molecular complexity index is 380. The molecule has 1 aliphatic heterocycles. The molecule has 14 heavy (non-hydrogen) atoms.